The smallest absolute Gasteiger partial charge is 0.271 e. The molecule has 28 heavy (non-hydrogen) atoms. The van der Waals surface area contributed by atoms with Crippen LogP contribution < -0.4 is 15.6 Å². The zero-order valence-electron chi connectivity index (χ0n) is 15.3. The summed E-state index contributed by atoms with van der Waals surface area (Å²) in [6.07, 6.45) is 0. The zero-order valence-corrected chi connectivity index (χ0v) is 16.1. The van der Waals surface area contributed by atoms with Gasteiger partial charge in [0.25, 0.3) is 11.5 Å². The molecule has 0 bridgehead atoms. The Kier molecular flexibility index (Phi) is 7.26. The molecule has 2 aromatic carbocycles. The highest BCUT2D eigenvalue weighted by Gasteiger charge is 2.09. The Morgan fingerprint density at radius 3 is 2.46 bits per heavy atom. The van der Waals surface area contributed by atoms with Crippen LogP contribution in [0.4, 0.5) is 0 Å². The number of thioether (sulfide) groups is 1. The van der Waals surface area contributed by atoms with E-state index in [1.165, 1.54) is 16.8 Å². The van der Waals surface area contributed by atoms with Crippen LogP contribution in [0.2, 0.25) is 0 Å². The van der Waals surface area contributed by atoms with Gasteiger partial charge in [0, 0.05) is 23.3 Å². The number of ether oxygens (including phenoxy) is 1. The molecule has 0 aliphatic heterocycles. The molecule has 0 aliphatic rings. The molecule has 3 aromatic rings. The lowest BCUT2D eigenvalue weighted by Gasteiger charge is -2.09. The lowest BCUT2D eigenvalue weighted by molar-refractivity contribution is 0.0948. The Labute approximate surface area is 167 Å². The number of nitrogens with zero attached hydrogens (tertiary/aromatic N) is 2. The summed E-state index contributed by atoms with van der Waals surface area (Å²) in [4.78, 5) is 25.4. The van der Waals surface area contributed by atoms with Crippen LogP contribution in [-0.4, -0.2) is 34.6 Å². The molecule has 1 heterocycles. The number of carbonyl (C=O) groups is 1. The van der Waals surface area contributed by atoms with E-state index in [1.807, 2.05) is 60.7 Å². The van der Waals surface area contributed by atoms with Crippen LogP contribution in [0.25, 0.3) is 0 Å². The van der Waals surface area contributed by atoms with E-state index in [4.69, 9.17) is 4.74 Å². The van der Waals surface area contributed by atoms with Crippen molar-refractivity contribution in [2.45, 2.75) is 11.4 Å². The van der Waals surface area contributed by atoms with Gasteiger partial charge in [-0.1, -0.05) is 36.4 Å². The summed E-state index contributed by atoms with van der Waals surface area (Å²) in [5, 5.41) is 6.97. The van der Waals surface area contributed by atoms with E-state index in [-0.39, 0.29) is 30.3 Å². The number of benzene rings is 2. The first-order valence-electron chi connectivity index (χ1n) is 8.94. The van der Waals surface area contributed by atoms with Gasteiger partial charge in [-0.3, -0.25) is 9.59 Å². The molecule has 0 radical (unpaired) electrons. The van der Waals surface area contributed by atoms with Crippen LogP contribution in [0.15, 0.2) is 82.5 Å². The minimum atomic E-state index is -0.300. The molecular formula is C21H21N3O3S. The summed E-state index contributed by atoms with van der Waals surface area (Å²) in [5.74, 6) is 1.17. The second-order valence-electron chi connectivity index (χ2n) is 5.86. The number of hydrogen-bond donors (Lipinski definition) is 1. The van der Waals surface area contributed by atoms with Crippen LogP contribution in [0.1, 0.15) is 10.5 Å². The van der Waals surface area contributed by atoms with Crippen molar-refractivity contribution in [3.05, 3.63) is 88.8 Å². The highest BCUT2D eigenvalue weighted by molar-refractivity contribution is 7.99. The van der Waals surface area contributed by atoms with Gasteiger partial charge in [-0.15, -0.1) is 11.8 Å². The molecule has 1 amide bonds. The number of amides is 1. The van der Waals surface area contributed by atoms with E-state index in [0.717, 1.165) is 16.4 Å². The number of rotatable bonds is 9. The molecule has 6 nitrogen and oxygen atoms in total. The van der Waals surface area contributed by atoms with Crippen molar-refractivity contribution in [3.8, 4) is 5.75 Å². The standard InChI is InChI=1S/C21H21N3O3S/c25-20-12-11-19(21(26)22-13-16-28-18-9-5-2-6-10-18)23-24(20)14-15-27-17-7-3-1-4-8-17/h1-12H,13-16H2,(H,22,26). The second kappa shape index (κ2) is 10.3. The Balaban J connectivity index is 1.48. The van der Waals surface area contributed by atoms with Crippen molar-refractivity contribution in [1.82, 2.24) is 15.1 Å². The van der Waals surface area contributed by atoms with Crippen LogP contribution >= 0.6 is 11.8 Å². The lowest BCUT2D eigenvalue weighted by Crippen LogP contribution is -2.31. The zero-order chi connectivity index (χ0) is 19.6. The SMILES string of the molecule is O=C(NCCSc1ccccc1)c1ccc(=O)n(CCOc2ccccc2)n1. The van der Waals surface area contributed by atoms with E-state index in [0.29, 0.717) is 6.54 Å². The van der Waals surface area contributed by atoms with E-state index in [2.05, 4.69) is 10.4 Å². The molecule has 0 aliphatic carbocycles. The van der Waals surface area contributed by atoms with Crippen molar-refractivity contribution < 1.29 is 9.53 Å². The van der Waals surface area contributed by atoms with E-state index >= 15 is 0 Å². The molecule has 0 saturated carbocycles. The minimum absolute atomic E-state index is 0.212. The first-order chi connectivity index (χ1) is 13.7. The summed E-state index contributed by atoms with van der Waals surface area (Å²) in [7, 11) is 0. The Morgan fingerprint density at radius 1 is 1.00 bits per heavy atom. The number of para-hydroxylation sites is 1. The fourth-order valence-electron chi connectivity index (χ4n) is 2.44. The van der Waals surface area contributed by atoms with Crippen LogP contribution in [0.5, 0.6) is 5.75 Å². The van der Waals surface area contributed by atoms with Gasteiger partial charge < -0.3 is 10.1 Å². The third-order valence-corrected chi connectivity index (χ3v) is 4.83. The van der Waals surface area contributed by atoms with Gasteiger partial charge in [-0.05, 0) is 30.3 Å². The third kappa shape index (κ3) is 5.99. The minimum Gasteiger partial charge on any atom is -0.492 e. The van der Waals surface area contributed by atoms with Gasteiger partial charge in [0.05, 0.1) is 6.54 Å². The van der Waals surface area contributed by atoms with Crippen LogP contribution in [0, 0.1) is 0 Å². The Morgan fingerprint density at radius 2 is 1.71 bits per heavy atom. The maximum atomic E-state index is 12.3. The van der Waals surface area contributed by atoms with Gasteiger partial charge in [0.1, 0.15) is 18.1 Å². The van der Waals surface area contributed by atoms with Gasteiger partial charge in [0.15, 0.2) is 0 Å². The molecule has 0 saturated heterocycles. The molecule has 144 valence electrons. The molecule has 1 N–H and O–H groups in total. The highest BCUT2D eigenvalue weighted by atomic mass is 32.2. The van der Waals surface area contributed by atoms with Crippen molar-refractivity contribution in [2.24, 2.45) is 0 Å². The van der Waals surface area contributed by atoms with E-state index < -0.39 is 0 Å². The Bertz CT molecular complexity index is 946. The molecule has 0 atom stereocenters. The number of nitrogens with one attached hydrogen (secondary N) is 1. The summed E-state index contributed by atoms with van der Waals surface area (Å²) >= 11 is 1.67. The van der Waals surface area contributed by atoms with Crippen molar-refractivity contribution in [3.63, 3.8) is 0 Å². The number of hydrogen-bond acceptors (Lipinski definition) is 5. The largest absolute Gasteiger partial charge is 0.492 e. The van der Waals surface area contributed by atoms with Crippen molar-refractivity contribution in [2.75, 3.05) is 18.9 Å². The summed E-state index contributed by atoms with van der Waals surface area (Å²) in [5.41, 5.74) is -0.0585. The topological polar surface area (TPSA) is 73.2 Å². The van der Waals surface area contributed by atoms with Gasteiger partial charge in [0.2, 0.25) is 0 Å². The normalized spacial score (nSPS) is 10.4. The summed E-state index contributed by atoms with van der Waals surface area (Å²) < 4.78 is 6.83. The second-order valence-corrected chi connectivity index (χ2v) is 7.03. The fourth-order valence-corrected chi connectivity index (χ4v) is 3.23. The number of carbonyl (C=O) groups excluding carboxylic acids is 1. The van der Waals surface area contributed by atoms with Crippen molar-refractivity contribution >= 4 is 17.7 Å². The van der Waals surface area contributed by atoms with E-state index in [9.17, 15) is 9.59 Å². The average Bonchev–Trinajstić information content (AvgIpc) is 2.74. The first kappa shape index (κ1) is 19.7. The van der Waals surface area contributed by atoms with Crippen molar-refractivity contribution in [1.29, 1.82) is 0 Å². The maximum Gasteiger partial charge on any atom is 0.271 e. The monoisotopic (exact) mass is 395 g/mol. The highest BCUT2D eigenvalue weighted by Crippen LogP contribution is 2.15. The number of aromatic nitrogens is 2. The van der Waals surface area contributed by atoms with Gasteiger partial charge >= 0.3 is 0 Å². The van der Waals surface area contributed by atoms with Crippen LogP contribution in [-0.2, 0) is 6.54 Å². The first-order valence-corrected chi connectivity index (χ1v) is 9.93. The quantitative estimate of drug-likeness (QED) is 0.446. The molecule has 0 spiro atoms. The fraction of sp³-hybridized carbons (Fsp3) is 0.190. The predicted octanol–water partition coefficient (Wildman–Crippen LogP) is 2.84. The predicted molar refractivity (Wildman–Crippen MR) is 110 cm³/mol. The average molecular weight is 395 g/mol. The van der Waals surface area contributed by atoms with E-state index in [1.54, 1.807) is 11.8 Å². The molecule has 0 fully saturated rings. The van der Waals surface area contributed by atoms with Crippen LogP contribution in [0.3, 0.4) is 0 Å². The molecule has 3 rings (SSSR count). The third-order valence-electron chi connectivity index (χ3n) is 3.81. The molecule has 7 heteroatoms. The van der Waals surface area contributed by atoms with Gasteiger partial charge in [-0.25, -0.2) is 4.68 Å². The maximum absolute atomic E-state index is 12.3. The molecule has 1 aromatic heterocycles. The molecular weight excluding hydrogens is 374 g/mol. The lowest BCUT2D eigenvalue weighted by atomic mass is 10.3. The Hall–Kier alpha value is -3.06. The van der Waals surface area contributed by atoms with Gasteiger partial charge in [-0.2, -0.15) is 5.10 Å². The summed E-state index contributed by atoms with van der Waals surface area (Å²) in [6, 6.07) is 22.1. The molecule has 0 unspecified atom stereocenters. The summed E-state index contributed by atoms with van der Waals surface area (Å²) in [6.45, 7) is 1.06.